The maximum absolute atomic E-state index is 13.9. The van der Waals surface area contributed by atoms with Crippen LogP contribution in [-0.2, 0) is 16.1 Å². The lowest BCUT2D eigenvalue weighted by Crippen LogP contribution is -2.46. The van der Waals surface area contributed by atoms with Crippen LogP contribution in [0.2, 0.25) is 5.02 Å². The van der Waals surface area contributed by atoms with Gasteiger partial charge in [-0.2, -0.15) is 5.10 Å². The Bertz CT molecular complexity index is 953. The minimum Gasteiger partial charge on any atom is -0.388 e. The van der Waals surface area contributed by atoms with Gasteiger partial charge in [-0.15, -0.1) is 0 Å². The van der Waals surface area contributed by atoms with Gasteiger partial charge in [-0.1, -0.05) is 29.8 Å². The molecule has 0 bridgehead atoms. The maximum Gasteiger partial charge on any atom is 0.276 e. The lowest BCUT2D eigenvalue weighted by atomic mass is 10.1. The van der Waals surface area contributed by atoms with Crippen LogP contribution in [0.15, 0.2) is 47.6 Å². The zero-order chi connectivity index (χ0) is 21.0. The maximum atomic E-state index is 13.9. The molecule has 29 heavy (non-hydrogen) atoms. The molecule has 1 aliphatic heterocycles. The third-order valence-corrected chi connectivity index (χ3v) is 4.82. The molecule has 2 aromatic carbocycles. The van der Waals surface area contributed by atoms with E-state index in [0.717, 1.165) is 22.3 Å². The van der Waals surface area contributed by atoms with Gasteiger partial charge in [0.15, 0.2) is 6.10 Å². The number of hydrogen-bond donors (Lipinski definition) is 3. The van der Waals surface area contributed by atoms with Gasteiger partial charge in [0.25, 0.3) is 5.91 Å². The van der Waals surface area contributed by atoms with E-state index in [9.17, 15) is 19.1 Å². The van der Waals surface area contributed by atoms with E-state index < -0.39 is 29.8 Å². The van der Waals surface area contributed by atoms with E-state index in [1.807, 2.05) is 0 Å². The van der Waals surface area contributed by atoms with Gasteiger partial charge in [-0.25, -0.2) is 9.40 Å². The minimum absolute atomic E-state index is 0.170. The fraction of sp³-hybridized carbons (Fsp3) is 0.250. The molecule has 0 aromatic heterocycles. The fourth-order valence-corrected chi connectivity index (χ4v) is 3.25. The summed E-state index contributed by atoms with van der Waals surface area (Å²) in [4.78, 5) is 25.3. The largest absolute Gasteiger partial charge is 0.388 e. The molecule has 1 heterocycles. The van der Waals surface area contributed by atoms with E-state index in [0.29, 0.717) is 5.02 Å². The number of hydrogen-bond acceptors (Lipinski definition) is 5. The van der Waals surface area contributed by atoms with Gasteiger partial charge >= 0.3 is 0 Å². The van der Waals surface area contributed by atoms with Crippen LogP contribution < -0.4 is 10.6 Å². The highest BCUT2D eigenvalue weighted by molar-refractivity contribution is 6.30. The van der Waals surface area contributed by atoms with Crippen molar-refractivity contribution in [1.82, 2.24) is 10.3 Å². The van der Waals surface area contributed by atoms with Crippen LogP contribution in [0.5, 0.6) is 0 Å². The molecule has 7 nitrogen and oxygen atoms in total. The standard InChI is InChI=1S/C20H20ClFN4O3/c1-23-16-7-6-13(21)10-12(16)11-24-19(28)17-8-9-25-26(17)20(29)18(27)14-4-2-3-5-15(14)22/h2-7,9-10,17-18,23,27H,8,11H2,1H3,(H,24,28)/t17-,18?/m0/s1. The molecule has 2 amide bonds. The van der Waals surface area contributed by atoms with E-state index in [1.165, 1.54) is 24.4 Å². The van der Waals surface area contributed by atoms with Crippen molar-refractivity contribution >= 4 is 35.3 Å². The lowest BCUT2D eigenvalue weighted by molar-refractivity contribution is -0.146. The second kappa shape index (κ2) is 9.02. The first-order chi connectivity index (χ1) is 13.9. The molecule has 0 fully saturated rings. The van der Waals surface area contributed by atoms with E-state index in [4.69, 9.17) is 11.6 Å². The number of amides is 2. The Hall–Kier alpha value is -2.97. The van der Waals surface area contributed by atoms with Crippen LogP contribution in [-0.4, -0.2) is 41.2 Å². The fourth-order valence-electron chi connectivity index (χ4n) is 3.05. The molecule has 2 aromatic rings. The number of benzene rings is 2. The van der Waals surface area contributed by atoms with Gasteiger partial charge in [0.05, 0.1) is 0 Å². The Morgan fingerprint density at radius 1 is 1.34 bits per heavy atom. The summed E-state index contributed by atoms with van der Waals surface area (Å²) in [5.74, 6) is -2.03. The predicted molar refractivity (Wildman–Crippen MR) is 108 cm³/mol. The molecular formula is C20H20ClFN4O3. The van der Waals surface area contributed by atoms with Crippen molar-refractivity contribution in [3.63, 3.8) is 0 Å². The van der Waals surface area contributed by atoms with E-state index in [2.05, 4.69) is 15.7 Å². The van der Waals surface area contributed by atoms with E-state index in [-0.39, 0.29) is 18.5 Å². The number of halogens is 2. The van der Waals surface area contributed by atoms with Crippen molar-refractivity contribution in [2.24, 2.45) is 5.10 Å². The van der Waals surface area contributed by atoms with Crippen LogP contribution in [0.25, 0.3) is 0 Å². The van der Waals surface area contributed by atoms with Gasteiger partial charge in [0.1, 0.15) is 11.9 Å². The Morgan fingerprint density at radius 3 is 2.83 bits per heavy atom. The number of rotatable bonds is 6. The topological polar surface area (TPSA) is 94.0 Å². The zero-order valence-electron chi connectivity index (χ0n) is 15.6. The van der Waals surface area contributed by atoms with Gasteiger partial charge in [-0.3, -0.25) is 9.59 Å². The summed E-state index contributed by atoms with van der Waals surface area (Å²) in [5.41, 5.74) is 1.41. The highest BCUT2D eigenvalue weighted by Crippen LogP contribution is 2.24. The molecule has 0 spiro atoms. The second-order valence-corrected chi connectivity index (χ2v) is 6.86. The highest BCUT2D eigenvalue weighted by atomic mass is 35.5. The number of aliphatic hydroxyl groups excluding tert-OH is 1. The monoisotopic (exact) mass is 418 g/mol. The molecule has 1 unspecified atom stereocenters. The molecule has 0 saturated carbocycles. The minimum atomic E-state index is -1.76. The van der Waals surface area contributed by atoms with Gasteiger partial charge in [-0.05, 0) is 29.8 Å². The van der Waals surface area contributed by atoms with Crippen molar-refractivity contribution in [2.75, 3.05) is 12.4 Å². The van der Waals surface area contributed by atoms with E-state index in [1.54, 1.807) is 25.2 Å². The Morgan fingerprint density at radius 2 is 2.10 bits per heavy atom. The number of aliphatic hydroxyl groups is 1. The molecule has 0 aliphatic carbocycles. The number of hydrazone groups is 1. The smallest absolute Gasteiger partial charge is 0.276 e. The Kier molecular flexibility index (Phi) is 6.46. The first-order valence-electron chi connectivity index (χ1n) is 8.94. The second-order valence-electron chi connectivity index (χ2n) is 6.43. The SMILES string of the molecule is CNc1ccc(Cl)cc1CNC(=O)[C@@H]1CC=NN1C(=O)C(O)c1ccccc1F. The normalized spacial score (nSPS) is 16.6. The van der Waals surface area contributed by atoms with Gasteiger partial charge in [0, 0.05) is 42.5 Å². The van der Waals surface area contributed by atoms with Gasteiger partial charge < -0.3 is 15.7 Å². The summed E-state index contributed by atoms with van der Waals surface area (Å²) >= 11 is 6.01. The first kappa shape index (κ1) is 20.8. The number of anilines is 1. The molecule has 1 aliphatic rings. The molecule has 152 valence electrons. The van der Waals surface area contributed by atoms with Crippen molar-refractivity contribution in [1.29, 1.82) is 0 Å². The van der Waals surface area contributed by atoms with Crippen molar-refractivity contribution < 1.29 is 19.1 Å². The molecule has 9 heteroatoms. The van der Waals surface area contributed by atoms with Crippen LogP contribution in [0.3, 0.4) is 0 Å². The first-order valence-corrected chi connectivity index (χ1v) is 9.32. The average molecular weight is 419 g/mol. The molecule has 2 atom stereocenters. The predicted octanol–water partition coefficient (Wildman–Crippen LogP) is 2.46. The van der Waals surface area contributed by atoms with Crippen molar-refractivity contribution in [3.8, 4) is 0 Å². The zero-order valence-corrected chi connectivity index (χ0v) is 16.4. The van der Waals surface area contributed by atoms with Crippen molar-refractivity contribution in [2.45, 2.75) is 25.1 Å². The Balaban J connectivity index is 1.69. The summed E-state index contributed by atoms with van der Waals surface area (Å²) in [6.07, 6.45) is -0.157. The molecular weight excluding hydrogens is 399 g/mol. The van der Waals surface area contributed by atoms with Crippen LogP contribution in [0, 0.1) is 5.82 Å². The Labute approximate surface area is 172 Å². The van der Waals surface area contributed by atoms with Crippen molar-refractivity contribution in [3.05, 3.63) is 64.4 Å². The quantitative estimate of drug-likeness (QED) is 0.671. The summed E-state index contributed by atoms with van der Waals surface area (Å²) < 4.78 is 13.9. The number of nitrogens with one attached hydrogen (secondary N) is 2. The van der Waals surface area contributed by atoms with E-state index >= 15 is 0 Å². The number of nitrogens with zero attached hydrogens (tertiary/aromatic N) is 2. The number of carbonyl (C=O) groups is 2. The van der Waals surface area contributed by atoms with Crippen LogP contribution in [0.4, 0.5) is 10.1 Å². The van der Waals surface area contributed by atoms with Crippen LogP contribution in [0.1, 0.15) is 23.7 Å². The summed E-state index contributed by atoms with van der Waals surface area (Å²) in [7, 11) is 1.75. The van der Waals surface area contributed by atoms with Crippen LogP contribution >= 0.6 is 11.6 Å². The third kappa shape index (κ3) is 4.55. The average Bonchev–Trinajstić information content (AvgIpc) is 3.21. The summed E-state index contributed by atoms with van der Waals surface area (Å²) in [6, 6.07) is 9.74. The lowest BCUT2D eigenvalue weighted by Gasteiger charge is -2.24. The number of carbonyl (C=O) groups excluding carboxylic acids is 2. The molecule has 0 saturated heterocycles. The summed E-state index contributed by atoms with van der Waals surface area (Å²) in [6.45, 7) is 0.184. The molecule has 3 rings (SSSR count). The highest BCUT2D eigenvalue weighted by Gasteiger charge is 2.36. The molecule has 0 radical (unpaired) electrons. The summed E-state index contributed by atoms with van der Waals surface area (Å²) in [5, 5.41) is 21.4. The van der Waals surface area contributed by atoms with Gasteiger partial charge in [0.2, 0.25) is 5.91 Å². The molecule has 3 N–H and O–H groups in total. The third-order valence-electron chi connectivity index (χ3n) is 4.58.